The second-order valence-corrected chi connectivity index (χ2v) is 7.30. The first-order valence-corrected chi connectivity index (χ1v) is 9.59. The Kier molecular flexibility index (Phi) is 6.31. The Balaban J connectivity index is 1.54. The molecule has 0 bridgehead atoms. The van der Waals surface area contributed by atoms with Crippen molar-refractivity contribution >= 4 is 17.5 Å². The SMILES string of the molecule is COc1ccc(NC(=O)C[NH+](C)[C@H](C)C(=O)N2CCc3ccccc3C2)cc1. The van der Waals surface area contributed by atoms with Crippen molar-refractivity contribution in [2.24, 2.45) is 0 Å². The van der Waals surface area contributed by atoms with Crippen molar-refractivity contribution in [3.8, 4) is 5.75 Å². The second-order valence-electron chi connectivity index (χ2n) is 7.30. The largest absolute Gasteiger partial charge is 0.497 e. The van der Waals surface area contributed by atoms with Gasteiger partial charge in [-0.3, -0.25) is 9.59 Å². The number of fused-ring (bicyclic) bond motifs is 1. The van der Waals surface area contributed by atoms with Crippen molar-refractivity contribution in [3.63, 3.8) is 0 Å². The van der Waals surface area contributed by atoms with E-state index in [0.717, 1.165) is 23.6 Å². The fourth-order valence-electron chi connectivity index (χ4n) is 3.45. The summed E-state index contributed by atoms with van der Waals surface area (Å²) in [7, 11) is 3.49. The summed E-state index contributed by atoms with van der Waals surface area (Å²) in [6.45, 7) is 3.48. The van der Waals surface area contributed by atoms with Crippen LogP contribution in [0.2, 0.25) is 0 Å². The van der Waals surface area contributed by atoms with Crippen LogP contribution in [0.5, 0.6) is 5.75 Å². The molecule has 1 unspecified atom stereocenters. The molecule has 2 N–H and O–H groups in total. The number of hydrogen-bond donors (Lipinski definition) is 2. The highest BCUT2D eigenvalue weighted by Gasteiger charge is 2.30. The molecule has 6 heteroatoms. The monoisotopic (exact) mass is 382 g/mol. The fraction of sp³-hybridized carbons (Fsp3) is 0.364. The number of amides is 2. The predicted molar refractivity (Wildman–Crippen MR) is 108 cm³/mol. The zero-order chi connectivity index (χ0) is 20.1. The van der Waals surface area contributed by atoms with Gasteiger partial charge in [0.1, 0.15) is 5.75 Å². The minimum atomic E-state index is -0.285. The molecule has 0 saturated heterocycles. The number of hydrogen-bond acceptors (Lipinski definition) is 3. The van der Waals surface area contributed by atoms with Gasteiger partial charge in [-0.15, -0.1) is 0 Å². The molecule has 0 spiro atoms. The Morgan fingerprint density at radius 3 is 2.50 bits per heavy atom. The van der Waals surface area contributed by atoms with Crippen molar-refractivity contribution in [1.29, 1.82) is 0 Å². The summed E-state index contributed by atoms with van der Waals surface area (Å²) < 4.78 is 5.12. The highest BCUT2D eigenvalue weighted by atomic mass is 16.5. The van der Waals surface area contributed by atoms with Crippen molar-refractivity contribution < 1.29 is 19.2 Å². The quantitative estimate of drug-likeness (QED) is 0.787. The van der Waals surface area contributed by atoms with Gasteiger partial charge in [-0.1, -0.05) is 24.3 Å². The van der Waals surface area contributed by atoms with E-state index < -0.39 is 0 Å². The molecule has 3 rings (SSSR count). The lowest BCUT2D eigenvalue weighted by Crippen LogP contribution is -3.15. The summed E-state index contributed by atoms with van der Waals surface area (Å²) in [5, 5.41) is 2.87. The van der Waals surface area contributed by atoms with Crippen molar-refractivity contribution in [2.45, 2.75) is 25.9 Å². The van der Waals surface area contributed by atoms with E-state index in [1.165, 1.54) is 11.1 Å². The Labute approximate surface area is 166 Å². The molecule has 2 amide bonds. The van der Waals surface area contributed by atoms with E-state index in [1.807, 2.05) is 31.0 Å². The molecule has 148 valence electrons. The number of carbonyl (C=O) groups is 2. The van der Waals surface area contributed by atoms with E-state index in [2.05, 4.69) is 17.4 Å². The normalized spacial score (nSPS) is 15.3. The molecule has 0 aliphatic carbocycles. The van der Waals surface area contributed by atoms with E-state index >= 15 is 0 Å². The molecule has 2 aromatic rings. The number of ether oxygens (including phenoxy) is 1. The molecular weight excluding hydrogens is 354 g/mol. The third-order valence-electron chi connectivity index (χ3n) is 5.37. The summed E-state index contributed by atoms with van der Waals surface area (Å²) in [5.41, 5.74) is 3.24. The van der Waals surface area contributed by atoms with Crippen LogP contribution in [0, 0.1) is 0 Å². The first kappa shape index (κ1) is 19.9. The number of quaternary nitrogens is 1. The average molecular weight is 382 g/mol. The highest BCUT2D eigenvalue weighted by molar-refractivity contribution is 5.91. The van der Waals surface area contributed by atoms with Crippen LogP contribution >= 0.6 is 0 Å². The van der Waals surface area contributed by atoms with Crippen molar-refractivity contribution in [2.75, 3.05) is 32.6 Å². The lowest BCUT2D eigenvalue weighted by Gasteiger charge is -2.32. The Morgan fingerprint density at radius 2 is 1.82 bits per heavy atom. The van der Waals surface area contributed by atoms with Crippen molar-refractivity contribution in [3.05, 3.63) is 59.7 Å². The molecular formula is C22H28N3O3+. The van der Waals surface area contributed by atoms with Crippen LogP contribution in [0.25, 0.3) is 0 Å². The van der Waals surface area contributed by atoms with Gasteiger partial charge in [0.2, 0.25) is 0 Å². The first-order valence-electron chi connectivity index (χ1n) is 9.59. The number of likely N-dealkylation sites (N-methyl/N-ethyl adjacent to an activating group) is 1. The average Bonchev–Trinajstić information content (AvgIpc) is 2.72. The van der Waals surface area contributed by atoms with E-state index in [0.29, 0.717) is 12.2 Å². The molecule has 1 aliphatic heterocycles. The lowest BCUT2D eigenvalue weighted by atomic mass is 9.99. The molecule has 6 nitrogen and oxygen atoms in total. The number of nitrogens with one attached hydrogen (secondary N) is 2. The smallest absolute Gasteiger partial charge is 0.280 e. The van der Waals surface area contributed by atoms with Gasteiger partial charge in [-0.05, 0) is 48.7 Å². The third-order valence-corrected chi connectivity index (χ3v) is 5.37. The van der Waals surface area contributed by atoms with E-state index in [1.54, 1.807) is 31.4 Å². The van der Waals surface area contributed by atoms with E-state index in [-0.39, 0.29) is 24.4 Å². The van der Waals surface area contributed by atoms with Gasteiger partial charge in [-0.2, -0.15) is 0 Å². The van der Waals surface area contributed by atoms with Gasteiger partial charge in [0.05, 0.1) is 14.2 Å². The van der Waals surface area contributed by atoms with Gasteiger partial charge in [0.15, 0.2) is 12.6 Å². The van der Waals surface area contributed by atoms with E-state index in [4.69, 9.17) is 4.74 Å². The standard InChI is InChI=1S/C22H27N3O3/c1-16(22(27)25-13-12-17-6-4-5-7-18(17)14-25)24(2)15-21(26)23-19-8-10-20(28-3)11-9-19/h4-11,16H,12-15H2,1-3H3,(H,23,26)/p+1/t16-/m1/s1. The van der Waals surface area contributed by atoms with Crippen LogP contribution in [0.1, 0.15) is 18.1 Å². The number of nitrogens with zero attached hydrogens (tertiary/aromatic N) is 1. The lowest BCUT2D eigenvalue weighted by molar-refractivity contribution is -0.886. The molecule has 2 atom stereocenters. The Hall–Kier alpha value is -2.86. The maximum Gasteiger partial charge on any atom is 0.280 e. The minimum Gasteiger partial charge on any atom is -0.497 e. The van der Waals surface area contributed by atoms with Crippen LogP contribution in [0.3, 0.4) is 0 Å². The van der Waals surface area contributed by atoms with Crippen LogP contribution in [-0.4, -0.2) is 50.0 Å². The molecule has 0 saturated carbocycles. The number of anilines is 1. The Bertz CT molecular complexity index is 835. The first-order chi connectivity index (χ1) is 13.5. The Morgan fingerprint density at radius 1 is 1.14 bits per heavy atom. The molecule has 1 heterocycles. The molecule has 0 aromatic heterocycles. The predicted octanol–water partition coefficient (Wildman–Crippen LogP) is 1.12. The topological polar surface area (TPSA) is 63.1 Å². The third kappa shape index (κ3) is 4.70. The zero-order valence-electron chi connectivity index (χ0n) is 16.7. The number of rotatable bonds is 6. The van der Waals surface area contributed by atoms with Gasteiger partial charge in [0.25, 0.3) is 11.8 Å². The molecule has 0 fully saturated rings. The summed E-state index contributed by atoms with van der Waals surface area (Å²) in [6.07, 6.45) is 0.881. The number of methoxy groups -OCH3 is 1. The van der Waals surface area contributed by atoms with Gasteiger partial charge in [-0.25, -0.2) is 0 Å². The minimum absolute atomic E-state index is 0.0873. The maximum absolute atomic E-state index is 12.9. The summed E-state index contributed by atoms with van der Waals surface area (Å²) in [5.74, 6) is 0.707. The van der Waals surface area contributed by atoms with Gasteiger partial charge in [0, 0.05) is 18.8 Å². The number of benzene rings is 2. The number of carbonyl (C=O) groups excluding carboxylic acids is 2. The molecule has 1 aliphatic rings. The maximum atomic E-state index is 12.9. The van der Waals surface area contributed by atoms with Crippen molar-refractivity contribution in [1.82, 2.24) is 4.90 Å². The molecule has 28 heavy (non-hydrogen) atoms. The summed E-state index contributed by atoms with van der Waals surface area (Å²) in [6, 6.07) is 15.2. The fourth-order valence-corrected chi connectivity index (χ4v) is 3.45. The summed E-state index contributed by atoms with van der Waals surface area (Å²) >= 11 is 0. The molecule has 2 aromatic carbocycles. The second kappa shape index (κ2) is 8.89. The van der Waals surface area contributed by atoms with Crippen LogP contribution in [-0.2, 0) is 22.6 Å². The molecule has 0 radical (unpaired) electrons. The van der Waals surface area contributed by atoms with Crippen LogP contribution in [0.15, 0.2) is 48.5 Å². The zero-order valence-corrected chi connectivity index (χ0v) is 16.7. The van der Waals surface area contributed by atoms with Crippen LogP contribution in [0.4, 0.5) is 5.69 Å². The van der Waals surface area contributed by atoms with Crippen LogP contribution < -0.4 is 15.0 Å². The van der Waals surface area contributed by atoms with Gasteiger partial charge < -0.3 is 19.9 Å². The summed E-state index contributed by atoms with van der Waals surface area (Å²) in [4.78, 5) is 28.0. The van der Waals surface area contributed by atoms with E-state index in [9.17, 15) is 9.59 Å². The van der Waals surface area contributed by atoms with Gasteiger partial charge >= 0.3 is 0 Å². The highest BCUT2D eigenvalue weighted by Crippen LogP contribution is 2.18.